The third kappa shape index (κ3) is 4.51. The van der Waals surface area contributed by atoms with Crippen LogP contribution in [0.15, 0.2) is 0 Å². The first-order valence-electron chi connectivity index (χ1n) is 3.35. The zero-order chi connectivity index (χ0) is 9.56. The summed E-state index contributed by atoms with van der Waals surface area (Å²) in [6.07, 6.45) is -0.848. The molecule has 0 radical (unpaired) electrons. The minimum atomic E-state index is -1.14. The number of hydrogen-bond donors (Lipinski definition) is 3. The van der Waals surface area contributed by atoms with Crippen molar-refractivity contribution in [3.63, 3.8) is 0 Å². The molecule has 0 rings (SSSR count). The number of ether oxygens (including phenoxy) is 1. The van der Waals surface area contributed by atoms with E-state index in [4.69, 9.17) is 10.2 Å². The smallest absolute Gasteiger partial charge is 0.407 e. The highest BCUT2D eigenvalue weighted by Crippen LogP contribution is 1.83. The first kappa shape index (κ1) is 10.7. The maximum Gasteiger partial charge on any atom is 0.407 e. The van der Waals surface area contributed by atoms with E-state index < -0.39 is 18.1 Å². The molecule has 1 atom stereocenters. The zero-order valence-corrected chi connectivity index (χ0v) is 6.61. The summed E-state index contributed by atoms with van der Waals surface area (Å²) in [7, 11) is 0. The molecular weight excluding hydrogens is 166 g/mol. The van der Waals surface area contributed by atoms with Crippen LogP contribution in [-0.4, -0.2) is 41.5 Å². The predicted octanol–water partition coefficient (Wildman–Crippen LogP) is -0.822. The van der Waals surface area contributed by atoms with E-state index in [0.717, 1.165) is 0 Å². The van der Waals surface area contributed by atoms with E-state index in [-0.39, 0.29) is 13.2 Å². The van der Waals surface area contributed by atoms with Crippen LogP contribution in [-0.2, 0) is 9.53 Å². The average Bonchev–Trinajstić information content (AvgIpc) is 2.00. The lowest BCUT2D eigenvalue weighted by atomic mass is 10.4. The number of amides is 1. The van der Waals surface area contributed by atoms with Crippen LogP contribution in [0.5, 0.6) is 0 Å². The van der Waals surface area contributed by atoms with E-state index in [2.05, 4.69) is 4.74 Å². The molecule has 6 heteroatoms. The highest BCUT2D eigenvalue weighted by Gasteiger charge is 2.13. The molecule has 0 bridgehead atoms. The summed E-state index contributed by atoms with van der Waals surface area (Å²) in [5, 5.41) is 18.6. The third-order valence-corrected chi connectivity index (χ3v) is 1.03. The minimum absolute atomic E-state index is 0.141. The average molecular weight is 177 g/mol. The number of nitrogens with one attached hydrogen (secondary N) is 1. The fourth-order valence-corrected chi connectivity index (χ4v) is 0.419. The Morgan fingerprint density at radius 1 is 1.58 bits per heavy atom. The minimum Gasteiger partial charge on any atom is -0.480 e. The van der Waals surface area contributed by atoms with E-state index in [1.807, 2.05) is 5.32 Å². The van der Waals surface area contributed by atoms with Crippen LogP contribution in [0.2, 0.25) is 0 Å². The summed E-state index contributed by atoms with van der Waals surface area (Å²) in [5.74, 6) is -1.14. The normalized spacial score (nSPS) is 11.8. The number of aliphatic hydroxyl groups excluding tert-OH is 1. The molecule has 0 fully saturated rings. The monoisotopic (exact) mass is 177 g/mol. The molecule has 0 heterocycles. The molecule has 0 aliphatic rings. The van der Waals surface area contributed by atoms with Crippen LogP contribution in [0.4, 0.5) is 4.79 Å². The van der Waals surface area contributed by atoms with Gasteiger partial charge in [-0.25, -0.2) is 4.79 Å². The van der Waals surface area contributed by atoms with Crippen molar-refractivity contribution in [3.8, 4) is 0 Å². The predicted molar refractivity (Wildman–Crippen MR) is 38.7 cm³/mol. The lowest BCUT2D eigenvalue weighted by Crippen LogP contribution is -2.38. The van der Waals surface area contributed by atoms with Crippen LogP contribution < -0.4 is 5.32 Å². The van der Waals surface area contributed by atoms with Gasteiger partial charge in [0.2, 0.25) is 0 Å². The number of carboxylic acids is 1. The van der Waals surface area contributed by atoms with Gasteiger partial charge in [0, 0.05) is 0 Å². The Morgan fingerprint density at radius 2 is 2.17 bits per heavy atom. The summed E-state index contributed by atoms with van der Waals surface area (Å²) in [4.78, 5) is 20.8. The number of aliphatic hydroxyl groups is 1. The second-order valence-electron chi connectivity index (χ2n) is 2.06. The summed E-state index contributed by atoms with van der Waals surface area (Å²) >= 11 is 0. The SMILES string of the molecule is CC(NC(=O)OCCO)C(=O)O. The lowest BCUT2D eigenvalue weighted by molar-refractivity contribution is -0.138. The zero-order valence-electron chi connectivity index (χ0n) is 6.61. The van der Waals surface area contributed by atoms with Gasteiger partial charge in [-0.15, -0.1) is 0 Å². The number of carboxylic acid groups (broad SMARTS) is 1. The lowest BCUT2D eigenvalue weighted by Gasteiger charge is -2.08. The Morgan fingerprint density at radius 3 is 2.58 bits per heavy atom. The van der Waals surface area contributed by atoms with Crippen molar-refractivity contribution in [1.82, 2.24) is 5.32 Å². The van der Waals surface area contributed by atoms with Crippen LogP contribution >= 0.6 is 0 Å². The summed E-state index contributed by atoms with van der Waals surface area (Å²) in [5.41, 5.74) is 0. The molecule has 1 amide bonds. The van der Waals surface area contributed by atoms with Gasteiger partial charge in [0.05, 0.1) is 6.61 Å². The highest BCUT2D eigenvalue weighted by atomic mass is 16.6. The molecule has 0 aliphatic heterocycles. The Kier molecular flexibility index (Phi) is 4.78. The third-order valence-electron chi connectivity index (χ3n) is 1.03. The fourth-order valence-electron chi connectivity index (χ4n) is 0.419. The quantitative estimate of drug-likeness (QED) is 0.521. The molecule has 12 heavy (non-hydrogen) atoms. The molecule has 0 aliphatic carbocycles. The molecule has 0 spiro atoms. The van der Waals surface area contributed by atoms with Crippen molar-refractivity contribution >= 4 is 12.1 Å². The summed E-state index contributed by atoms with van der Waals surface area (Å²) in [6.45, 7) is 0.885. The standard InChI is InChI=1S/C6H11NO5/c1-4(5(9)10)7-6(11)12-3-2-8/h4,8H,2-3H2,1H3,(H,7,11)(H,9,10). The highest BCUT2D eigenvalue weighted by molar-refractivity contribution is 5.79. The van der Waals surface area contributed by atoms with Crippen LogP contribution in [0.25, 0.3) is 0 Å². The number of aliphatic carboxylic acids is 1. The Hall–Kier alpha value is -1.30. The van der Waals surface area contributed by atoms with E-state index in [0.29, 0.717) is 0 Å². The van der Waals surface area contributed by atoms with Gasteiger partial charge < -0.3 is 20.3 Å². The van der Waals surface area contributed by atoms with E-state index in [9.17, 15) is 9.59 Å². The van der Waals surface area contributed by atoms with Gasteiger partial charge in [0.15, 0.2) is 0 Å². The maximum absolute atomic E-state index is 10.6. The molecule has 6 nitrogen and oxygen atoms in total. The largest absolute Gasteiger partial charge is 0.480 e. The molecule has 0 saturated heterocycles. The van der Waals surface area contributed by atoms with Gasteiger partial charge in [-0.05, 0) is 6.92 Å². The molecule has 0 aromatic carbocycles. The Labute approximate surface area is 69.1 Å². The molecule has 0 aromatic heterocycles. The number of rotatable bonds is 4. The van der Waals surface area contributed by atoms with Gasteiger partial charge in [-0.2, -0.15) is 0 Å². The van der Waals surface area contributed by atoms with Gasteiger partial charge >= 0.3 is 12.1 Å². The topological polar surface area (TPSA) is 95.9 Å². The maximum atomic E-state index is 10.6. The van der Waals surface area contributed by atoms with Crippen molar-refractivity contribution in [2.75, 3.05) is 13.2 Å². The van der Waals surface area contributed by atoms with Crippen molar-refractivity contribution in [2.45, 2.75) is 13.0 Å². The summed E-state index contributed by atoms with van der Waals surface area (Å²) < 4.78 is 4.35. The fraction of sp³-hybridized carbons (Fsp3) is 0.667. The summed E-state index contributed by atoms with van der Waals surface area (Å²) in [6, 6.07) is -0.990. The van der Waals surface area contributed by atoms with Crippen molar-refractivity contribution in [1.29, 1.82) is 0 Å². The van der Waals surface area contributed by atoms with Crippen LogP contribution in [0, 0.1) is 0 Å². The second kappa shape index (κ2) is 5.36. The van der Waals surface area contributed by atoms with E-state index in [1.165, 1.54) is 6.92 Å². The van der Waals surface area contributed by atoms with Crippen molar-refractivity contribution < 1.29 is 24.5 Å². The number of hydrogen-bond acceptors (Lipinski definition) is 4. The number of alkyl carbamates (subject to hydrolysis) is 1. The molecule has 1 unspecified atom stereocenters. The Bertz CT molecular complexity index is 169. The van der Waals surface area contributed by atoms with Crippen LogP contribution in [0.1, 0.15) is 6.92 Å². The number of carbonyl (C=O) groups is 2. The van der Waals surface area contributed by atoms with Crippen molar-refractivity contribution in [2.24, 2.45) is 0 Å². The van der Waals surface area contributed by atoms with Gasteiger partial charge in [0.1, 0.15) is 12.6 Å². The first-order valence-corrected chi connectivity index (χ1v) is 3.35. The van der Waals surface area contributed by atoms with Gasteiger partial charge in [-0.1, -0.05) is 0 Å². The van der Waals surface area contributed by atoms with Gasteiger partial charge in [0.25, 0.3) is 0 Å². The van der Waals surface area contributed by atoms with E-state index in [1.54, 1.807) is 0 Å². The van der Waals surface area contributed by atoms with Crippen molar-refractivity contribution in [3.05, 3.63) is 0 Å². The molecule has 0 saturated carbocycles. The Balaban J connectivity index is 3.61. The number of carbonyl (C=O) groups excluding carboxylic acids is 1. The first-order chi connectivity index (χ1) is 5.57. The van der Waals surface area contributed by atoms with Gasteiger partial charge in [-0.3, -0.25) is 4.79 Å². The molecule has 0 aromatic rings. The molecule has 3 N–H and O–H groups in total. The van der Waals surface area contributed by atoms with Crippen LogP contribution in [0.3, 0.4) is 0 Å². The van der Waals surface area contributed by atoms with E-state index >= 15 is 0 Å². The molecular formula is C6H11NO5. The second-order valence-corrected chi connectivity index (χ2v) is 2.06. The molecule has 70 valence electrons.